The predicted molar refractivity (Wildman–Crippen MR) is 77.5 cm³/mol. The number of aromatic hydroxyl groups is 1. The van der Waals surface area contributed by atoms with Crippen molar-refractivity contribution in [2.75, 3.05) is 32.8 Å². The van der Waals surface area contributed by atoms with Crippen LogP contribution in [0.15, 0.2) is 18.2 Å². The van der Waals surface area contributed by atoms with Gasteiger partial charge in [-0.3, -0.25) is 9.59 Å². The molecule has 1 aromatic rings. The first-order valence-electron chi connectivity index (χ1n) is 6.70. The molecule has 1 aromatic carbocycles. The van der Waals surface area contributed by atoms with Crippen LogP contribution in [-0.4, -0.2) is 54.7 Å². The first-order chi connectivity index (χ1) is 10.1. The molecule has 0 bridgehead atoms. The van der Waals surface area contributed by atoms with Gasteiger partial charge in [0.15, 0.2) is 0 Å². The number of ether oxygens (including phenoxy) is 1. The summed E-state index contributed by atoms with van der Waals surface area (Å²) in [7, 11) is 0. The van der Waals surface area contributed by atoms with Crippen molar-refractivity contribution in [3.05, 3.63) is 28.8 Å². The van der Waals surface area contributed by atoms with E-state index in [0.29, 0.717) is 31.9 Å². The lowest BCUT2D eigenvalue weighted by Crippen LogP contribution is -2.42. The molecule has 114 valence electrons. The second-order valence-corrected chi connectivity index (χ2v) is 5.07. The maximum absolute atomic E-state index is 11.9. The third kappa shape index (κ3) is 4.34. The van der Waals surface area contributed by atoms with E-state index in [1.807, 2.05) is 0 Å². The van der Waals surface area contributed by atoms with Gasteiger partial charge in [-0.05, 0) is 18.2 Å². The van der Waals surface area contributed by atoms with Gasteiger partial charge in [0.05, 0.1) is 18.2 Å². The van der Waals surface area contributed by atoms with Gasteiger partial charge < -0.3 is 20.1 Å². The number of hydrogen-bond donors (Lipinski definition) is 2. The Morgan fingerprint density at radius 1 is 1.33 bits per heavy atom. The molecule has 6 nitrogen and oxygen atoms in total. The van der Waals surface area contributed by atoms with Gasteiger partial charge in [0, 0.05) is 31.6 Å². The highest BCUT2D eigenvalue weighted by Gasteiger charge is 2.16. The number of benzene rings is 1. The second-order valence-electron chi connectivity index (χ2n) is 4.67. The Morgan fingerprint density at radius 3 is 2.71 bits per heavy atom. The molecule has 2 rings (SSSR count). The summed E-state index contributed by atoms with van der Waals surface area (Å²) in [5.74, 6) is -0.398. The highest BCUT2D eigenvalue weighted by atomic mass is 35.5. The van der Waals surface area contributed by atoms with Crippen LogP contribution in [0.25, 0.3) is 0 Å². The van der Waals surface area contributed by atoms with Gasteiger partial charge in [-0.2, -0.15) is 0 Å². The van der Waals surface area contributed by atoms with Gasteiger partial charge in [0.1, 0.15) is 5.75 Å². The van der Waals surface area contributed by atoms with E-state index < -0.39 is 0 Å². The van der Waals surface area contributed by atoms with Crippen molar-refractivity contribution in [1.29, 1.82) is 0 Å². The first kappa shape index (κ1) is 15.6. The largest absolute Gasteiger partial charge is 0.506 e. The molecule has 1 heterocycles. The van der Waals surface area contributed by atoms with E-state index >= 15 is 0 Å². The summed E-state index contributed by atoms with van der Waals surface area (Å²) in [5.41, 5.74) is 0.344. The van der Waals surface area contributed by atoms with E-state index in [1.165, 1.54) is 18.2 Å². The van der Waals surface area contributed by atoms with Crippen molar-refractivity contribution in [3.63, 3.8) is 0 Å². The maximum Gasteiger partial charge on any atom is 0.251 e. The average molecular weight is 313 g/mol. The Kier molecular flexibility index (Phi) is 5.41. The van der Waals surface area contributed by atoms with Crippen LogP contribution in [0.4, 0.5) is 0 Å². The summed E-state index contributed by atoms with van der Waals surface area (Å²) < 4.78 is 5.17. The number of phenols is 1. The minimum absolute atomic E-state index is 0.00217. The minimum Gasteiger partial charge on any atom is -0.506 e. The lowest BCUT2D eigenvalue weighted by Gasteiger charge is -2.26. The number of rotatable bonds is 4. The van der Waals surface area contributed by atoms with E-state index in [1.54, 1.807) is 4.90 Å². The monoisotopic (exact) mass is 312 g/mol. The number of halogens is 1. The molecule has 1 saturated heterocycles. The standard InChI is InChI=1S/C14H17ClN2O4/c15-11-9-10(1-2-12(11)18)14(20)16-4-3-13(19)17-5-7-21-8-6-17/h1-2,9,18H,3-8H2,(H,16,20). The van der Waals surface area contributed by atoms with E-state index in [4.69, 9.17) is 16.3 Å². The van der Waals surface area contributed by atoms with Gasteiger partial charge >= 0.3 is 0 Å². The third-order valence-corrected chi connectivity index (χ3v) is 3.50. The Hall–Kier alpha value is -1.79. The quantitative estimate of drug-likeness (QED) is 0.870. The summed E-state index contributed by atoms with van der Waals surface area (Å²) in [6.07, 6.45) is 0.248. The summed E-state index contributed by atoms with van der Waals surface area (Å²) in [6, 6.07) is 4.21. The fourth-order valence-corrected chi connectivity index (χ4v) is 2.18. The van der Waals surface area contributed by atoms with Crippen molar-refractivity contribution in [1.82, 2.24) is 10.2 Å². The number of amides is 2. The van der Waals surface area contributed by atoms with Crippen molar-refractivity contribution in [2.24, 2.45) is 0 Å². The molecule has 2 N–H and O–H groups in total. The molecular weight excluding hydrogens is 296 g/mol. The molecular formula is C14H17ClN2O4. The van der Waals surface area contributed by atoms with Crippen LogP contribution in [-0.2, 0) is 9.53 Å². The number of morpholine rings is 1. The summed E-state index contributed by atoms with van der Waals surface area (Å²) in [6.45, 7) is 2.57. The molecule has 0 radical (unpaired) electrons. The lowest BCUT2D eigenvalue weighted by atomic mass is 10.2. The van der Waals surface area contributed by atoms with E-state index in [9.17, 15) is 14.7 Å². The topological polar surface area (TPSA) is 78.9 Å². The molecule has 1 fully saturated rings. The van der Waals surface area contributed by atoms with Crippen molar-refractivity contribution < 1.29 is 19.4 Å². The number of nitrogens with one attached hydrogen (secondary N) is 1. The first-order valence-corrected chi connectivity index (χ1v) is 7.08. The van der Waals surface area contributed by atoms with Gasteiger partial charge in [-0.15, -0.1) is 0 Å². The molecule has 1 aliphatic heterocycles. The van der Waals surface area contributed by atoms with Gasteiger partial charge in [0.2, 0.25) is 5.91 Å². The van der Waals surface area contributed by atoms with E-state index in [0.717, 1.165) is 0 Å². The normalized spacial score (nSPS) is 14.8. The van der Waals surface area contributed by atoms with Crippen LogP contribution in [0.1, 0.15) is 16.8 Å². The van der Waals surface area contributed by atoms with Crippen LogP contribution in [0, 0.1) is 0 Å². The highest BCUT2D eigenvalue weighted by Crippen LogP contribution is 2.23. The smallest absolute Gasteiger partial charge is 0.251 e. The molecule has 7 heteroatoms. The molecule has 0 unspecified atom stereocenters. The van der Waals surface area contributed by atoms with Gasteiger partial charge in [-0.25, -0.2) is 0 Å². The number of carbonyl (C=O) groups is 2. The zero-order valence-corrected chi connectivity index (χ0v) is 12.2. The van der Waals surface area contributed by atoms with Crippen molar-refractivity contribution in [2.45, 2.75) is 6.42 Å². The van der Waals surface area contributed by atoms with Crippen LogP contribution in [0.2, 0.25) is 5.02 Å². The second kappa shape index (κ2) is 7.28. The number of phenolic OH excluding ortho intramolecular Hbond substituents is 1. The maximum atomic E-state index is 11.9. The zero-order valence-electron chi connectivity index (χ0n) is 11.5. The molecule has 1 aliphatic rings. The molecule has 0 aromatic heterocycles. The van der Waals surface area contributed by atoms with Gasteiger partial charge in [0.25, 0.3) is 5.91 Å². The lowest BCUT2D eigenvalue weighted by molar-refractivity contribution is -0.135. The fraction of sp³-hybridized carbons (Fsp3) is 0.429. The molecule has 2 amide bonds. The predicted octanol–water partition coefficient (Wildman–Crippen LogP) is 1.02. The molecule has 21 heavy (non-hydrogen) atoms. The van der Waals surface area contributed by atoms with Crippen molar-refractivity contribution >= 4 is 23.4 Å². The van der Waals surface area contributed by atoms with Crippen LogP contribution in [0.3, 0.4) is 0 Å². The molecule has 0 atom stereocenters. The summed E-state index contributed by atoms with van der Waals surface area (Å²) in [5, 5.41) is 12.1. The third-order valence-electron chi connectivity index (χ3n) is 3.20. The van der Waals surface area contributed by atoms with Crippen LogP contribution >= 0.6 is 11.6 Å². The number of hydrogen-bond acceptors (Lipinski definition) is 4. The Morgan fingerprint density at radius 2 is 2.05 bits per heavy atom. The minimum atomic E-state index is -0.327. The molecule has 0 spiro atoms. The van der Waals surface area contributed by atoms with Crippen LogP contribution < -0.4 is 5.32 Å². The summed E-state index contributed by atoms with van der Waals surface area (Å²) >= 11 is 5.74. The number of carbonyl (C=O) groups excluding carboxylic acids is 2. The van der Waals surface area contributed by atoms with E-state index in [2.05, 4.69) is 5.32 Å². The summed E-state index contributed by atoms with van der Waals surface area (Å²) in [4.78, 5) is 25.5. The highest BCUT2D eigenvalue weighted by molar-refractivity contribution is 6.32. The van der Waals surface area contributed by atoms with Gasteiger partial charge in [-0.1, -0.05) is 11.6 Å². The Bertz CT molecular complexity index is 530. The van der Waals surface area contributed by atoms with Crippen LogP contribution in [0.5, 0.6) is 5.75 Å². The SMILES string of the molecule is O=C(NCCC(=O)N1CCOCC1)c1ccc(O)c(Cl)c1. The fourth-order valence-electron chi connectivity index (χ4n) is 2.00. The Balaban J connectivity index is 1.78. The molecule has 0 saturated carbocycles. The molecule has 0 aliphatic carbocycles. The number of nitrogens with zero attached hydrogens (tertiary/aromatic N) is 1. The Labute approximate surface area is 127 Å². The zero-order chi connectivity index (χ0) is 15.2. The average Bonchev–Trinajstić information content (AvgIpc) is 2.50. The van der Waals surface area contributed by atoms with Crippen molar-refractivity contribution in [3.8, 4) is 5.75 Å². The van der Waals surface area contributed by atoms with E-state index in [-0.39, 0.29) is 35.6 Å².